The Balaban J connectivity index is 1.77. The number of aromatic amines is 1. The molecule has 9 heteroatoms. The molecule has 9 nitrogen and oxygen atoms in total. The van der Waals surface area contributed by atoms with Crippen LogP contribution < -0.4 is 10.6 Å². The van der Waals surface area contributed by atoms with Crippen molar-refractivity contribution >= 4 is 28.9 Å². The van der Waals surface area contributed by atoms with Gasteiger partial charge in [0, 0.05) is 29.1 Å². The van der Waals surface area contributed by atoms with Gasteiger partial charge in [-0.15, -0.1) is 0 Å². The number of hydrogen-bond donors (Lipinski definition) is 4. The van der Waals surface area contributed by atoms with Crippen LogP contribution in [0.1, 0.15) is 44.0 Å². The molecule has 3 aromatic rings. The Morgan fingerprint density at radius 3 is 2.54 bits per heavy atom. The second kappa shape index (κ2) is 11.8. The third-order valence-corrected chi connectivity index (χ3v) is 5.37. The molecule has 184 valence electrons. The van der Waals surface area contributed by atoms with Crippen LogP contribution in [0.5, 0.6) is 0 Å². The number of allylic oxidation sites excluding steroid dienone is 1. The first-order valence-electron chi connectivity index (χ1n) is 11.3. The lowest BCUT2D eigenvalue weighted by Crippen LogP contribution is -2.54. The molecule has 0 radical (unpaired) electrons. The molecule has 35 heavy (non-hydrogen) atoms. The zero-order chi connectivity index (χ0) is 25.3. The van der Waals surface area contributed by atoms with Crippen molar-refractivity contribution in [1.29, 1.82) is 0 Å². The van der Waals surface area contributed by atoms with Gasteiger partial charge in [0.25, 0.3) is 0 Å². The molecule has 1 heterocycles. The molecule has 0 saturated heterocycles. The molecule has 1 aromatic heterocycles. The Kier molecular flexibility index (Phi) is 8.63. The topological polar surface area (TPSA) is 130 Å². The predicted octanol–water partition coefficient (Wildman–Crippen LogP) is 4.38. The number of carbonyl (C=O) groups excluding carboxylic acids is 2. The summed E-state index contributed by atoms with van der Waals surface area (Å²) < 4.78 is 0. The first-order valence-corrected chi connectivity index (χ1v) is 11.3. The predicted molar refractivity (Wildman–Crippen MR) is 130 cm³/mol. The van der Waals surface area contributed by atoms with Crippen molar-refractivity contribution in [2.45, 2.75) is 44.9 Å². The lowest BCUT2D eigenvalue weighted by molar-refractivity contribution is -0.309. The summed E-state index contributed by atoms with van der Waals surface area (Å²) in [7, 11) is 0. The van der Waals surface area contributed by atoms with Crippen molar-refractivity contribution in [3.8, 4) is 0 Å². The van der Waals surface area contributed by atoms with Gasteiger partial charge < -0.3 is 20.7 Å². The lowest BCUT2D eigenvalue weighted by Gasteiger charge is -2.27. The number of benzene rings is 2. The first kappa shape index (κ1) is 25.5. The minimum atomic E-state index is -1.66. The molecule has 3 rings (SSSR count). The van der Waals surface area contributed by atoms with Crippen LogP contribution in [0.4, 0.5) is 4.79 Å². The van der Waals surface area contributed by atoms with Crippen LogP contribution in [-0.4, -0.2) is 33.6 Å². The molecule has 0 aliphatic carbocycles. The molecule has 0 fully saturated rings. The Morgan fingerprint density at radius 1 is 1.11 bits per heavy atom. The summed E-state index contributed by atoms with van der Waals surface area (Å²) in [6.07, 6.45) is 4.00. The van der Waals surface area contributed by atoms with E-state index in [-0.39, 0.29) is 6.42 Å². The monoisotopic (exact) mass is 479 g/mol. The largest absolute Gasteiger partial charge is 0.465 e. The molecule has 0 spiro atoms. The number of carboxylic acid groups (broad SMARTS) is 1. The SMILES string of the molecule is CCCC=CC(=O)NC(OOC(=O)C(C)(Cc1c[nH]c2ccccc12)NC(=O)O)c1ccccc1. The van der Waals surface area contributed by atoms with Crippen molar-refractivity contribution in [1.82, 2.24) is 15.6 Å². The van der Waals surface area contributed by atoms with E-state index < -0.39 is 29.7 Å². The number of carbonyl (C=O) groups is 3. The third kappa shape index (κ3) is 6.94. The number of amides is 2. The van der Waals surface area contributed by atoms with Gasteiger partial charge in [-0.2, -0.15) is 4.89 Å². The second-order valence-corrected chi connectivity index (χ2v) is 8.26. The Labute approximate surface area is 203 Å². The maximum Gasteiger partial charge on any atom is 0.405 e. The molecular formula is C26H29N3O6. The summed E-state index contributed by atoms with van der Waals surface area (Å²) in [5.74, 6) is -1.38. The summed E-state index contributed by atoms with van der Waals surface area (Å²) in [6.45, 7) is 3.41. The zero-order valence-electron chi connectivity index (χ0n) is 19.6. The minimum Gasteiger partial charge on any atom is -0.465 e. The Morgan fingerprint density at radius 2 is 1.83 bits per heavy atom. The van der Waals surface area contributed by atoms with Crippen LogP contribution in [0, 0.1) is 0 Å². The number of hydrogen-bond acceptors (Lipinski definition) is 5. The summed E-state index contributed by atoms with van der Waals surface area (Å²) >= 11 is 0. The molecule has 0 aliphatic rings. The lowest BCUT2D eigenvalue weighted by atomic mass is 9.93. The molecular weight excluding hydrogens is 450 g/mol. The molecule has 0 aliphatic heterocycles. The quantitative estimate of drug-likeness (QED) is 0.140. The number of unbranched alkanes of at least 4 members (excludes halogenated alkanes) is 1. The van der Waals surface area contributed by atoms with Gasteiger partial charge in [-0.25, -0.2) is 9.59 Å². The molecule has 4 N–H and O–H groups in total. The van der Waals surface area contributed by atoms with Crippen LogP contribution in [0.3, 0.4) is 0 Å². The highest BCUT2D eigenvalue weighted by Gasteiger charge is 2.39. The second-order valence-electron chi connectivity index (χ2n) is 8.26. The van der Waals surface area contributed by atoms with Crippen molar-refractivity contribution in [3.63, 3.8) is 0 Å². The number of nitrogens with one attached hydrogen (secondary N) is 3. The Bertz CT molecular complexity index is 1190. The highest BCUT2D eigenvalue weighted by molar-refractivity contribution is 5.88. The summed E-state index contributed by atoms with van der Waals surface area (Å²) in [5, 5.41) is 15.1. The van der Waals surface area contributed by atoms with Crippen molar-refractivity contribution in [2.24, 2.45) is 0 Å². The van der Waals surface area contributed by atoms with Crippen LogP contribution in [0.2, 0.25) is 0 Å². The Hall–Kier alpha value is -4.11. The number of rotatable bonds is 11. The zero-order valence-corrected chi connectivity index (χ0v) is 19.6. The molecule has 2 atom stereocenters. The van der Waals surface area contributed by atoms with E-state index in [0.717, 1.165) is 29.3 Å². The van der Waals surface area contributed by atoms with E-state index in [1.807, 2.05) is 31.2 Å². The molecule has 2 aromatic carbocycles. The summed E-state index contributed by atoms with van der Waals surface area (Å²) in [4.78, 5) is 50.5. The van der Waals surface area contributed by atoms with Gasteiger partial charge in [0.05, 0.1) is 0 Å². The number of H-pyrrole nitrogens is 1. The normalized spacial score (nSPS) is 13.8. The molecule has 2 amide bonds. The van der Waals surface area contributed by atoms with Gasteiger partial charge in [0.1, 0.15) is 5.54 Å². The fraction of sp³-hybridized carbons (Fsp3) is 0.269. The maximum atomic E-state index is 13.1. The number of aromatic nitrogens is 1. The van der Waals surface area contributed by atoms with Gasteiger partial charge in [-0.05, 0) is 31.1 Å². The minimum absolute atomic E-state index is 0.00756. The van der Waals surface area contributed by atoms with Gasteiger partial charge in [0.15, 0.2) is 0 Å². The maximum absolute atomic E-state index is 13.1. The van der Waals surface area contributed by atoms with Crippen LogP contribution >= 0.6 is 0 Å². The highest BCUT2D eigenvalue weighted by Crippen LogP contribution is 2.24. The molecule has 0 bridgehead atoms. The smallest absolute Gasteiger partial charge is 0.405 e. The van der Waals surface area contributed by atoms with E-state index in [1.165, 1.54) is 13.0 Å². The van der Waals surface area contributed by atoms with Crippen LogP contribution in [0.15, 0.2) is 72.9 Å². The van der Waals surface area contributed by atoms with E-state index in [9.17, 15) is 19.5 Å². The van der Waals surface area contributed by atoms with Gasteiger partial charge in [-0.3, -0.25) is 9.68 Å². The number of fused-ring (bicyclic) bond motifs is 1. The molecule has 0 saturated carbocycles. The fourth-order valence-electron chi connectivity index (χ4n) is 3.57. The van der Waals surface area contributed by atoms with Crippen LogP contribution in [-0.2, 0) is 25.8 Å². The summed E-state index contributed by atoms with van der Waals surface area (Å²) in [6, 6.07) is 16.2. The fourth-order valence-corrected chi connectivity index (χ4v) is 3.57. The average Bonchev–Trinajstić information content (AvgIpc) is 3.24. The van der Waals surface area contributed by atoms with Gasteiger partial charge >= 0.3 is 12.1 Å². The van der Waals surface area contributed by atoms with Gasteiger partial charge in [-0.1, -0.05) is 68.0 Å². The average molecular weight is 480 g/mol. The van der Waals surface area contributed by atoms with E-state index in [4.69, 9.17) is 9.78 Å². The van der Waals surface area contributed by atoms with Crippen molar-refractivity contribution < 1.29 is 29.3 Å². The highest BCUT2D eigenvalue weighted by atomic mass is 17.2. The third-order valence-electron chi connectivity index (χ3n) is 5.37. The molecule has 2 unspecified atom stereocenters. The van der Waals surface area contributed by atoms with E-state index in [2.05, 4.69) is 15.6 Å². The van der Waals surface area contributed by atoms with Crippen molar-refractivity contribution in [3.05, 3.63) is 84.1 Å². The van der Waals surface area contributed by atoms with E-state index in [0.29, 0.717) is 5.56 Å². The first-order chi connectivity index (χ1) is 16.8. The van der Waals surface area contributed by atoms with Crippen molar-refractivity contribution in [2.75, 3.05) is 0 Å². The van der Waals surface area contributed by atoms with E-state index in [1.54, 1.807) is 42.6 Å². The van der Waals surface area contributed by atoms with Crippen LogP contribution in [0.25, 0.3) is 10.9 Å². The van der Waals surface area contributed by atoms with E-state index >= 15 is 0 Å². The standard InChI is InChI=1S/C26H29N3O6/c1-3-4-6-15-22(30)28-23(18-11-7-5-8-12-18)34-35-24(31)26(2,29-25(32)33)16-19-17-27-21-14-10-9-13-20(19)21/h5-15,17,23,27,29H,3-4,16H2,1-2H3,(H,28,30)(H,32,33). The van der Waals surface area contributed by atoms with Gasteiger partial charge in [0.2, 0.25) is 12.1 Å². The number of para-hydroxylation sites is 1. The summed E-state index contributed by atoms with van der Waals surface area (Å²) in [5.41, 5.74) is 0.459.